The molecule has 2 aromatic heterocycles. The highest BCUT2D eigenvalue weighted by Crippen LogP contribution is 2.10. The van der Waals surface area contributed by atoms with Crippen molar-refractivity contribution in [1.29, 1.82) is 0 Å². The van der Waals surface area contributed by atoms with E-state index in [2.05, 4.69) is 9.97 Å². The third-order valence-electron chi connectivity index (χ3n) is 2.71. The van der Waals surface area contributed by atoms with Crippen LogP contribution in [0.3, 0.4) is 0 Å². The van der Waals surface area contributed by atoms with Crippen molar-refractivity contribution in [3.8, 4) is 0 Å². The van der Waals surface area contributed by atoms with Gasteiger partial charge in [-0.15, -0.1) is 0 Å². The summed E-state index contributed by atoms with van der Waals surface area (Å²) in [5, 5.41) is 9.08. The number of rotatable bonds is 5. The van der Waals surface area contributed by atoms with Crippen molar-refractivity contribution in [3.05, 3.63) is 59.7 Å². The molecular weight excluding hydrogens is 242 g/mol. The first-order valence-corrected chi connectivity index (χ1v) is 5.91. The Kier molecular flexibility index (Phi) is 4.20. The minimum absolute atomic E-state index is 0.112. The highest BCUT2D eigenvalue weighted by Gasteiger charge is 2.12. The molecule has 0 atom stereocenters. The summed E-state index contributed by atoms with van der Waals surface area (Å²) in [4.78, 5) is 21.1. The van der Waals surface area contributed by atoms with Crippen LogP contribution in [-0.2, 0) is 13.1 Å². The molecule has 2 rings (SSSR count). The van der Waals surface area contributed by atoms with Gasteiger partial charge >= 0.3 is 5.97 Å². The molecule has 0 aliphatic heterocycles. The predicted molar refractivity (Wildman–Crippen MR) is 70.6 cm³/mol. The Morgan fingerprint density at radius 2 is 2.05 bits per heavy atom. The van der Waals surface area contributed by atoms with Gasteiger partial charge in [0, 0.05) is 31.7 Å². The number of pyridine rings is 2. The van der Waals surface area contributed by atoms with Gasteiger partial charge in [0.05, 0.1) is 0 Å². The Labute approximate surface area is 111 Å². The average Bonchev–Trinajstić information content (AvgIpc) is 2.40. The van der Waals surface area contributed by atoms with Gasteiger partial charge in [-0.3, -0.25) is 9.88 Å². The van der Waals surface area contributed by atoms with E-state index in [4.69, 9.17) is 5.11 Å². The number of hydrogen-bond acceptors (Lipinski definition) is 4. The van der Waals surface area contributed by atoms with E-state index < -0.39 is 5.97 Å². The van der Waals surface area contributed by atoms with E-state index in [1.54, 1.807) is 24.5 Å². The molecule has 0 unspecified atom stereocenters. The fraction of sp³-hybridized carbons (Fsp3) is 0.214. The van der Waals surface area contributed by atoms with Crippen molar-refractivity contribution < 1.29 is 9.90 Å². The van der Waals surface area contributed by atoms with E-state index >= 15 is 0 Å². The highest BCUT2D eigenvalue weighted by molar-refractivity contribution is 5.86. The molecule has 98 valence electrons. The van der Waals surface area contributed by atoms with Crippen LogP contribution in [0.25, 0.3) is 0 Å². The van der Waals surface area contributed by atoms with E-state index in [0.717, 1.165) is 5.56 Å². The summed E-state index contributed by atoms with van der Waals surface area (Å²) in [6.07, 6.45) is 5.03. The minimum Gasteiger partial charge on any atom is -0.477 e. The predicted octanol–water partition coefficient (Wildman–Crippen LogP) is 1.81. The first kappa shape index (κ1) is 13.2. The standard InChI is InChI=1S/C14H15N3O2/c1-17(9-11-4-2-6-15-8-11)10-12-5-3-7-16-13(12)14(18)19/h2-8H,9-10H2,1H3,(H,18,19). The number of carbonyl (C=O) groups is 1. The van der Waals surface area contributed by atoms with Crippen molar-refractivity contribution in [2.75, 3.05) is 7.05 Å². The second kappa shape index (κ2) is 6.06. The normalized spacial score (nSPS) is 10.6. The number of aromatic carboxylic acids is 1. The fourth-order valence-electron chi connectivity index (χ4n) is 1.91. The maximum atomic E-state index is 11.1. The van der Waals surface area contributed by atoms with Crippen molar-refractivity contribution >= 4 is 5.97 Å². The summed E-state index contributed by atoms with van der Waals surface area (Å²) in [5.41, 5.74) is 1.91. The molecule has 0 aliphatic rings. The van der Waals surface area contributed by atoms with Gasteiger partial charge < -0.3 is 5.11 Å². The molecule has 1 N–H and O–H groups in total. The van der Waals surface area contributed by atoms with E-state index in [9.17, 15) is 4.79 Å². The molecule has 0 fully saturated rings. The van der Waals surface area contributed by atoms with Crippen LogP contribution < -0.4 is 0 Å². The van der Waals surface area contributed by atoms with Gasteiger partial charge in [0.25, 0.3) is 0 Å². The maximum Gasteiger partial charge on any atom is 0.354 e. The zero-order chi connectivity index (χ0) is 13.7. The number of nitrogens with zero attached hydrogens (tertiary/aromatic N) is 3. The first-order valence-electron chi connectivity index (χ1n) is 5.91. The van der Waals surface area contributed by atoms with Crippen molar-refractivity contribution in [2.45, 2.75) is 13.1 Å². The summed E-state index contributed by atoms with van der Waals surface area (Å²) in [5.74, 6) is -0.995. The van der Waals surface area contributed by atoms with Gasteiger partial charge in [0.2, 0.25) is 0 Å². The molecule has 0 bridgehead atoms. The summed E-state index contributed by atoms with van der Waals surface area (Å²) in [6, 6.07) is 7.41. The highest BCUT2D eigenvalue weighted by atomic mass is 16.4. The smallest absolute Gasteiger partial charge is 0.354 e. The second-order valence-electron chi connectivity index (χ2n) is 4.35. The largest absolute Gasteiger partial charge is 0.477 e. The molecule has 5 nitrogen and oxygen atoms in total. The molecule has 0 spiro atoms. The van der Waals surface area contributed by atoms with Crippen LogP contribution in [-0.4, -0.2) is 33.0 Å². The first-order chi connectivity index (χ1) is 9.16. The van der Waals surface area contributed by atoms with E-state index in [-0.39, 0.29) is 5.69 Å². The molecule has 2 heterocycles. The van der Waals surface area contributed by atoms with E-state index in [0.29, 0.717) is 18.7 Å². The van der Waals surface area contributed by atoms with Crippen LogP contribution in [0, 0.1) is 0 Å². The third kappa shape index (κ3) is 3.59. The molecular formula is C14H15N3O2. The van der Waals surface area contributed by atoms with Crippen molar-refractivity contribution in [1.82, 2.24) is 14.9 Å². The summed E-state index contributed by atoms with van der Waals surface area (Å²) >= 11 is 0. The van der Waals surface area contributed by atoms with Gasteiger partial charge in [-0.1, -0.05) is 12.1 Å². The van der Waals surface area contributed by atoms with Crippen LogP contribution >= 0.6 is 0 Å². The Balaban J connectivity index is 2.07. The van der Waals surface area contributed by atoms with Gasteiger partial charge in [0.15, 0.2) is 5.69 Å². The fourth-order valence-corrected chi connectivity index (χ4v) is 1.91. The van der Waals surface area contributed by atoms with Crippen LogP contribution in [0.5, 0.6) is 0 Å². The average molecular weight is 257 g/mol. The van der Waals surface area contributed by atoms with E-state index in [1.165, 1.54) is 6.20 Å². The quantitative estimate of drug-likeness (QED) is 0.884. The molecule has 0 aromatic carbocycles. The Morgan fingerprint density at radius 3 is 2.74 bits per heavy atom. The minimum atomic E-state index is -0.995. The molecule has 19 heavy (non-hydrogen) atoms. The van der Waals surface area contributed by atoms with Crippen LogP contribution in [0.15, 0.2) is 42.9 Å². The SMILES string of the molecule is CN(Cc1cccnc1)Cc1cccnc1C(=O)O. The molecule has 0 saturated heterocycles. The van der Waals surface area contributed by atoms with Crippen molar-refractivity contribution in [2.24, 2.45) is 0 Å². The van der Waals surface area contributed by atoms with Gasteiger partial charge in [-0.05, 0) is 30.3 Å². The van der Waals surface area contributed by atoms with Crippen LogP contribution in [0.1, 0.15) is 21.6 Å². The Hall–Kier alpha value is -2.27. The van der Waals surface area contributed by atoms with Crippen LogP contribution in [0.2, 0.25) is 0 Å². The number of carboxylic acids is 1. The molecule has 0 saturated carbocycles. The number of hydrogen-bond donors (Lipinski definition) is 1. The molecule has 5 heteroatoms. The Morgan fingerprint density at radius 1 is 1.26 bits per heavy atom. The zero-order valence-corrected chi connectivity index (χ0v) is 10.7. The summed E-state index contributed by atoms with van der Waals surface area (Å²) in [7, 11) is 1.94. The van der Waals surface area contributed by atoms with Crippen molar-refractivity contribution in [3.63, 3.8) is 0 Å². The number of carboxylic acid groups (broad SMARTS) is 1. The lowest BCUT2D eigenvalue weighted by Gasteiger charge is -2.17. The summed E-state index contributed by atoms with van der Waals surface area (Å²) < 4.78 is 0. The van der Waals surface area contributed by atoms with Gasteiger partial charge in [-0.25, -0.2) is 9.78 Å². The lowest BCUT2D eigenvalue weighted by molar-refractivity contribution is 0.0688. The van der Waals surface area contributed by atoms with Gasteiger partial charge in [0.1, 0.15) is 0 Å². The monoisotopic (exact) mass is 257 g/mol. The Bertz CT molecular complexity index is 558. The summed E-state index contributed by atoms with van der Waals surface area (Å²) in [6.45, 7) is 1.24. The van der Waals surface area contributed by atoms with Gasteiger partial charge in [-0.2, -0.15) is 0 Å². The lowest BCUT2D eigenvalue weighted by Crippen LogP contribution is -2.19. The molecule has 0 amide bonds. The van der Waals surface area contributed by atoms with E-state index in [1.807, 2.05) is 24.1 Å². The molecule has 0 aliphatic carbocycles. The lowest BCUT2D eigenvalue weighted by atomic mass is 10.1. The zero-order valence-electron chi connectivity index (χ0n) is 10.7. The van der Waals surface area contributed by atoms with Crippen LogP contribution in [0.4, 0.5) is 0 Å². The second-order valence-corrected chi connectivity index (χ2v) is 4.35. The topological polar surface area (TPSA) is 66.3 Å². The third-order valence-corrected chi connectivity index (χ3v) is 2.71. The number of aromatic nitrogens is 2. The molecule has 2 aromatic rings. The molecule has 0 radical (unpaired) electrons. The maximum absolute atomic E-state index is 11.1.